The molecule has 0 heterocycles. The van der Waals surface area contributed by atoms with Crippen LogP contribution in [-0.2, 0) is 6.42 Å². The van der Waals surface area contributed by atoms with E-state index in [0.29, 0.717) is 18.5 Å². The second-order valence-electron chi connectivity index (χ2n) is 4.18. The van der Waals surface area contributed by atoms with Crippen LogP contribution < -0.4 is 5.32 Å². The standard InChI is InChI=1S/C13H21NO3S/c1-18-7-5-11(9-15)14-6-4-10-8-12(16)2-3-13(10)17/h2-3,8,11,14-17H,4-7,9H2,1H3/t11-/m0/s1. The van der Waals surface area contributed by atoms with Gasteiger partial charge in [-0.2, -0.15) is 11.8 Å². The molecule has 5 heteroatoms. The minimum atomic E-state index is 0.0944. The third kappa shape index (κ3) is 5.16. The first-order valence-corrected chi connectivity index (χ1v) is 7.40. The molecule has 0 aliphatic carbocycles. The van der Waals surface area contributed by atoms with Crippen molar-refractivity contribution < 1.29 is 15.3 Å². The summed E-state index contributed by atoms with van der Waals surface area (Å²) >= 11 is 1.76. The van der Waals surface area contributed by atoms with E-state index in [-0.39, 0.29) is 24.1 Å². The molecule has 0 saturated carbocycles. The summed E-state index contributed by atoms with van der Waals surface area (Å²) in [6.07, 6.45) is 3.58. The molecule has 4 nitrogen and oxygen atoms in total. The van der Waals surface area contributed by atoms with Gasteiger partial charge in [0, 0.05) is 6.04 Å². The Kier molecular flexibility index (Phi) is 6.93. The quantitative estimate of drug-likeness (QED) is 0.537. The molecule has 102 valence electrons. The summed E-state index contributed by atoms with van der Waals surface area (Å²) in [6, 6.07) is 4.60. The lowest BCUT2D eigenvalue weighted by atomic mass is 10.1. The summed E-state index contributed by atoms with van der Waals surface area (Å²) in [7, 11) is 0. The Morgan fingerprint density at radius 1 is 1.33 bits per heavy atom. The normalized spacial score (nSPS) is 12.6. The molecule has 18 heavy (non-hydrogen) atoms. The van der Waals surface area contributed by atoms with Crippen molar-refractivity contribution in [2.75, 3.05) is 25.2 Å². The van der Waals surface area contributed by atoms with Crippen LogP contribution in [0, 0.1) is 0 Å². The van der Waals surface area contributed by atoms with Crippen molar-refractivity contribution in [3.63, 3.8) is 0 Å². The Labute approximate surface area is 112 Å². The van der Waals surface area contributed by atoms with Crippen molar-refractivity contribution in [1.29, 1.82) is 0 Å². The smallest absolute Gasteiger partial charge is 0.119 e. The third-order valence-corrected chi connectivity index (χ3v) is 3.43. The van der Waals surface area contributed by atoms with E-state index in [4.69, 9.17) is 0 Å². The Hall–Kier alpha value is -0.910. The van der Waals surface area contributed by atoms with E-state index in [2.05, 4.69) is 5.32 Å². The largest absolute Gasteiger partial charge is 0.508 e. The van der Waals surface area contributed by atoms with Crippen molar-refractivity contribution in [2.45, 2.75) is 18.9 Å². The first kappa shape index (κ1) is 15.1. The number of nitrogens with one attached hydrogen (secondary N) is 1. The molecular weight excluding hydrogens is 250 g/mol. The number of rotatable bonds is 8. The molecule has 0 amide bonds. The van der Waals surface area contributed by atoms with Crippen LogP contribution in [0.3, 0.4) is 0 Å². The molecule has 0 spiro atoms. The van der Waals surface area contributed by atoms with E-state index in [1.165, 1.54) is 12.1 Å². The first-order chi connectivity index (χ1) is 8.67. The Balaban J connectivity index is 2.37. The van der Waals surface area contributed by atoms with Gasteiger partial charge < -0.3 is 20.6 Å². The number of phenolic OH excluding ortho intramolecular Hbond substituents is 2. The molecule has 1 aromatic rings. The zero-order chi connectivity index (χ0) is 13.4. The molecule has 1 rings (SSSR count). The van der Waals surface area contributed by atoms with Crippen LogP contribution in [0.15, 0.2) is 18.2 Å². The van der Waals surface area contributed by atoms with Crippen LogP contribution in [0.25, 0.3) is 0 Å². The lowest BCUT2D eigenvalue weighted by Crippen LogP contribution is -2.34. The van der Waals surface area contributed by atoms with Crippen molar-refractivity contribution >= 4 is 11.8 Å². The highest BCUT2D eigenvalue weighted by molar-refractivity contribution is 7.98. The summed E-state index contributed by atoms with van der Waals surface area (Å²) in [6.45, 7) is 0.781. The van der Waals surface area contributed by atoms with Crippen LogP contribution in [0.1, 0.15) is 12.0 Å². The fraction of sp³-hybridized carbons (Fsp3) is 0.538. The molecule has 0 radical (unpaired) electrons. The van der Waals surface area contributed by atoms with Gasteiger partial charge in [0.15, 0.2) is 0 Å². The molecule has 4 N–H and O–H groups in total. The van der Waals surface area contributed by atoms with E-state index in [1.807, 2.05) is 6.26 Å². The van der Waals surface area contributed by atoms with Gasteiger partial charge in [0.05, 0.1) is 6.61 Å². The molecule has 0 unspecified atom stereocenters. The summed E-state index contributed by atoms with van der Waals surface area (Å²) in [4.78, 5) is 0. The monoisotopic (exact) mass is 271 g/mol. The second-order valence-corrected chi connectivity index (χ2v) is 5.16. The zero-order valence-electron chi connectivity index (χ0n) is 10.6. The average molecular weight is 271 g/mol. The van der Waals surface area contributed by atoms with E-state index >= 15 is 0 Å². The second kappa shape index (κ2) is 8.24. The lowest BCUT2D eigenvalue weighted by Gasteiger charge is -2.15. The molecule has 0 aliphatic heterocycles. The van der Waals surface area contributed by atoms with Gasteiger partial charge in [-0.25, -0.2) is 0 Å². The van der Waals surface area contributed by atoms with Crippen LogP contribution in [0.5, 0.6) is 11.5 Å². The highest BCUT2D eigenvalue weighted by Crippen LogP contribution is 2.22. The molecular formula is C13H21NO3S. The SMILES string of the molecule is CSCC[C@@H](CO)NCCc1cc(O)ccc1O. The number of thioether (sulfide) groups is 1. The van der Waals surface area contributed by atoms with E-state index in [1.54, 1.807) is 17.8 Å². The van der Waals surface area contributed by atoms with Gasteiger partial charge in [-0.15, -0.1) is 0 Å². The minimum Gasteiger partial charge on any atom is -0.508 e. The first-order valence-electron chi connectivity index (χ1n) is 6.01. The van der Waals surface area contributed by atoms with E-state index in [0.717, 1.165) is 12.2 Å². The maximum Gasteiger partial charge on any atom is 0.119 e. The molecule has 1 aromatic carbocycles. The average Bonchev–Trinajstić information content (AvgIpc) is 2.37. The summed E-state index contributed by atoms with van der Waals surface area (Å²) in [5.41, 5.74) is 0.712. The van der Waals surface area contributed by atoms with E-state index < -0.39 is 0 Å². The number of hydrogen-bond acceptors (Lipinski definition) is 5. The predicted molar refractivity (Wildman–Crippen MR) is 75.4 cm³/mol. The predicted octanol–water partition coefficient (Wildman–Crippen LogP) is 1.34. The van der Waals surface area contributed by atoms with Gasteiger partial charge >= 0.3 is 0 Å². The zero-order valence-corrected chi connectivity index (χ0v) is 11.4. The van der Waals surface area contributed by atoms with Crippen LogP contribution in [-0.4, -0.2) is 46.5 Å². The number of aliphatic hydroxyl groups excluding tert-OH is 1. The number of benzene rings is 1. The number of hydrogen-bond donors (Lipinski definition) is 4. The summed E-state index contributed by atoms with van der Waals surface area (Å²) in [5.74, 6) is 1.36. The fourth-order valence-electron chi connectivity index (χ4n) is 1.70. The van der Waals surface area contributed by atoms with E-state index in [9.17, 15) is 15.3 Å². The Bertz CT molecular complexity index is 360. The minimum absolute atomic E-state index is 0.0944. The molecule has 0 fully saturated rings. The molecule has 0 saturated heterocycles. The van der Waals surface area contributed by atoms with Crippen molar-refractivity contribution in [1.82, 2.24) is 5.32 Å². The molecule has 1 atom stereocenters. The van der Waals surface area contributed by atoms with Gasteiger partial charge in [-0.1, -0.05) is 0 Å². The molecule has 0 aliphatic rings. The van der Waals surface area contributed by atoms with Crippen molar-refractivity contribution in [3.05, 3.63) is 23.8 Å². The van der Waals surface area contributed by atoms with Crippen molar-refractivity contribution in [3.8, 4) is 11.5 Å². The summed E-state index contributed by atoms with van der Waals surface area (Å²) in [5, 5.41) is 31.4. The third-order valence-electron chi connectivity index (χ3n) is 2.78. The lowest BCUT2D eigenvalue weighted by molar-refractivity contribution is 0.240. The molecule has 0 aromatic heterocycles. The maximum atomic E-state index is 9.61. The number of phenols is 2. The Morgan fingerprint density at radius 3 is 2.78 bits per heavy atom. The number of aliphatic hydroxyl groups is 1. The van der Waals surface area contributed by atoms with Gasteiger partial charge in [-0.3, -0.25) is 0 Å². The Morgan fingerprint density at radius 2 is 2.11 bits per heavy atom. The van der Waals surface area contributed by atoms with Crippen LogP contribution in [0.2, 0.25) is 0 Å². The van der Waals surface area contributed by atoms with Gasteiger partial charge in [-0.05, 0) is 55.2 Å². The molecule has 0 bridgehead atoms. The highest BCUT2D eigenvalue weighted by Gasteiger charge is 2.07. The summed E-state index contributed by atoms with van der Waals surface area (Å²) < 4.78 is 0. The highest BCUT2D eigenvalue weighted by atomic mass is 32.2. The van der Waals surface area contributed by atoms with Gasteiger partial charge in [0.25, 0.3) is 0 Å². The number of aromatic hydroxyl groups is 2. The van der Waals surface area contributed by atoms with Gasteiger partial charge in [0.1, 0.15) is 11.5 Å². The maximum absolute atomic E-state index is 9.61. The topological polar surface area (TPSA) is 72.7 Å². The van der Waals surface area contributed by atoms with Gasteiger partial charge in [0.2, 0.25) is 0 Å². The van der Waals surface area contributed by atoms with Crippen LogP contribution in [0.4, 0.5) is 0 Å². The van der Waals surface area contributed by atoms with Crippen molar-refractivity contribution in [2.24, 2.45) is 0 Å². The fourth-order valence-corrected chi connectivity index (χ4v) is 2.22. The van der Waals surface area contributed by atoms with Crippen LogP contribution >= 0.6 is 11.8 Å².